The predicted octanol–water partition coefficient (Wildman–Crippen LogP) is 2.86. The second-order valence-corrected chi connectivity index (χ2v) is 10.2. The molecular weight excluding hydrogens is 495 g/mol. The summed E-state index contributed by atoms with van der Waals surface area (Å²) in [6.45, 7) is 0.157. The van der Waals surface area contributed by atoms with Crippen molar-refractivity contribution in [3.63, 3.8) is 0 Å². The number of anilines is 3. The van der Waals surface area contributed by atoms with Gasteiger partial charge in [-0.3, -0.25) is 4.79 Å². The lowest BCUT2D eigenvalue weighted by Crippen LogP contribution is -2.43. The summed E-state index contributed by atoms with van der Waals surface area (Å²) in [7, 11) is 3.41. The van der Waals surface area contributed by atoms with E-state index in [-0.39, 0.29) is 48.7 Å². The minimum atomic E-state index is -1.09. The molecular formula is C25H31FN8O4. The Labute approximate surface area is 217 Å². The van der Waals surface area contributed by atoms with Crippen molar-refractivity contribution < 1.29 is 18.7 Å². The molecule has 4 bridgehead atoms. The molecule has 202 valence electrons. The molecule has 38 heavy (non-hydrogen) atoms. The minimum Gasteiger partial charge on any atom is -0.381 e. The minimum absolute atomic E-state index is 0.0136. The number of ether oxygens (including phenoxy) is 2. The standard InChI is InChI=1S/C25H31FN8O4/c1-27-21-20-22-32-24(31-21)29-18-7-13(10-33(23(18)35)15-3-5-16(37-2)6-4-15)11-38-19-9-14(26)8-17(19)30-25(36)34(22)12-28-20/h7,10,12,14-17,19H,3-6,8-9,11H2,1-2H3,(H,30,36)(H2,27,29,31,32)/t14-,15?,16?,17-,19-/m1/s1. The number of alkyl halides is 1. The van der Waals surface area contributed by atoms with Crippen LogP contribution in [0.4, 0.5) is 26.6 Å². The number of hydrogen-bond acceptors (Lipinski definition) is 9. The molecule has 0 spiro atoms. The van der Waals surface area contributed by atoms with Gasteiger partial charge in [-0.15, -0.1) is 0 Å². The van der Waals surface area contributed by atoms with Gasteiger partial charge in [0.1, 0.15) is 18.2 Å². The van der Waals surface area contributed by atoms with Crippen molar-refractivity contribution in [2.24, 2.45) is 0 Å². The van der Waals surface area contributed by atoms with Crippen molar-refractivity contribution in [2.75, 3.05) is 24.8 Å². The highest BCUT2D eigenvalue weighted by molar-refractivity contribution is 5.92. The smallest absolute Gasteiger partial charge is 0.328 e. The average Bonchev–Trinajstić information content (AvgIpc) is 3.50. The number of carbonyl (C=O) groups excluding carboxylic acids is 1. The summed E-state index contributed by atoms with van der Waals surface area (Å²) in [5, 5.41) is 8.95. The van der Waals surface area contributed by atoms with Crippen LogP contribution in [0.15, 0.2) is 23.4 Å². The van der Waals surface area contributed by atoms with E-state index < -0.39 is 24.3 Å². The van der Waals surface area contributed by atoms with E-state index in [0.717, 1.165) is 31.2 Å². The van der Waals surface area contributed by atoms with Crippen molar-refractivity contribution >= 4 is 34.6 Å². The van der Waals surface area contributed by atoms with Crippen molar-refractivity contribution in [1.82, 2.24) is 29.4 Å². The normalized spacial score (nSPS) is 27.4. The van der Waals surface area contributed by atoms with Crippen LogP contribution in [0.2, 0.25) is 0 Å². The van der Waals surface area contributed by atoms with Crippen LogP contribution in [-0.2, 0) is 16.1 Å². The maximum Gasteiger partial charge on any atom is 0.328 e. The summed E-state index contributed by atoms with van der Waals surface area (Å²) < 4.78 is 29.1. The van der Waals surface area contributed by atoms with E-state index in [2.05, 4.69) is 30.9 Å². The number of hydrogen-bond donors (Lipinski definition) is 3. The highest BCUT2D eigenvalue weighted by Gasteiger charge is 2.37. The maximum absolute atomic E-state index is 14.4. The molecule has 3 atom stereocenters. The van der Waals surface area contributed by atoms with E-state index in [0.29, 0.717) is 17.0 Å². The summed E-state index contributed by atoms with van der Waals surface area (Å²) in [4.78, 5) is 40.1. The molecule has 1 amide bonds. The third-order valence-electron chi connectivity index (χ3n) is 7.79. The highest BCUT2D eigenvalue weighted by Crippen LogP contribution is 2.31. The summed E-state index contributed by atoms with van der Waals surface area (Å²) in [5.74, 6) is 0.539. The summed E-state index contributed by atoms with van der Waals surface area (Å²) in [5.41, 5.74) is 1.49. The highest BCUT2D eigenvalue weighted by atomic mass is 19.1. The van der Waals surface area contributed by atoms with E-state index >= 15 is 0 Å². The van der Waals surface area contributed by atoms with Gasteiger partial charge in [0.2, 0.25) is 5.95 Å². The molecule has 0 saturated heterocycles. The molecule has 3 aromatic rings. The largest absolute Gasteiger partial charge is 0.381 e. The first-order valence-corrected chi connectivity index (χ1v) is 13.0. The molecule has 2 fully saturated rings. The van der Waals surface area contributed by atoms with Crippen molar-refractivity contribution in [3.8, 4) is 0 Å². The third kappa shape index (κ3) is 4.49. The zero-order valence-corrected chi connectivity index (χ0v) is 21.3. The quantitative estimate of drug-likeness (QED) is 0.470. The van der Waals surface area contributed by atoms with Crippen molar-refractivity contribution in [2.45, 2.75) is 75.6 Å². The van der Waals surface area contributed by atoms with Gasteiger partial charge in [-0.05, 0) is 37.3 Å². The van der Waals surface area contributed by atoms with E-state index in [1.54, 1.807) is 24.8 Å². The second kappa shape index (κ2) is 9.95. The topological polar surface area (TPSA) is 137 Å². The lowest BCUT2D eigenvalue weighted by Gasteiger charge is -2.30. The molecule has 2 aliphatic carbocycles. The lowest BCUT2D eigenvalue weighted by molar-refractivity contribution is 0.0268. The van der Waals surface area contributed by atoms with Crippen LogP contribution in [0.1, 0.15) is 50.1 Å². The van der Waals surface area contributed by atoms with Crippen molar-refractivity contribution in [3.05, 3.63) is 34.5 Å². The molecule has 0 aromatic carbocycles. The van der Waals surface area contributed by atoms with Crippen LogP contribution in [0, 0.1) is 0 Å². The van der Waals surface area contributed by atoms with E-state index in [1.165, 1.54) is 10.9 Å². The van der Waals surface area contributed by atoms with Gasteiger partial charge >= 0.3 is 6.03 Å². The van der Waals surface area contributed by atoms with Gasteiger partial charge in [0.15, 0.2) is 17.0 Å². The number of nitrogens with one attached hydrogen (secondary N) is 3. The molecule has 2 saturated carbocycles. The van der Waals surface area contributed by atoms with Gasteiger partial charge in [0.05, 0.1) is 24.9 Å². The Balaban J connectivity index is 1.46. The van der Waals surface area contributed by atoms with Crippen molar-refractivity contribution in [1.29, 1.82) is 0 Å². The van der Waals surface area contributed by atoms with Gasteiger partial charge in [0.25, 0.3) is 5.56 Å². The first-order valence-electron chi connectivity index (χ1n) is 13.0. The molecule has 13 heteroatoms. The fraction of sp³-hybridized carbons (Fsp3) is 0.560. The summed E-state index contributed by atoms with van der Waals surface area (Å²) in [6.07, 6.45) is 5.47. The number of carbonyl (C=O) groups is 1. The molecule has 0 radical (unpaired) electrons. The van der Waals surface area contributed by atoms with E-state index in [9.17, 15) is 14.0 Å². The van der Waals surface area contributed by atoms with Crippen LogP contribution in [-0.4, -0.2) is 68.7 Å². The average molecular weight is 527 g/mol. The number of methoxy groups -OCH3 is 1. The molecule has 0 unspecified atom stereocenters. The Morgan fingerprint density at radius 2 is 2.00 bits per heavy atom. The SMILES string of the molecule is CNc1nc2nc3c1ncn3C(=O)N[C@@H]1C[C@@H](F)C[C@H]1OCc1cc(c(=O)n(C3CCC(OC)CC3)c1)N2. The Morgan fingerprint density at radius 1 is 1.18 bits per heavy atom. The van der Waals surface area contributed by atoms with Gasteiger partial charge in [-0.25, -0.2) is 18.7 Å². The molecule has 3 aromatic heterocycles. The zero-order valence-electron chi connectivity index (χ0n) is 21.3. The third-order valence-corrected chi connectivity index (χ3v) is 7.79. The molecule has 3 aliphatic rings. The van der Waals surface area contributed by atoms with Gasteiger partial charge in [0, 0.05) is 39.2 Å². The zero-order chi connectivity index (χ0) is 26.4. The van der Waals surface area contributed by atoms with Crippen LogP contribution >= 0.6 is 0 Å². The number of nitrogens with zero attached hydrogens (tertiary/aromatic N) is 5. The Morgan fingerprint density at radius 3 is 2.76 bits per heavy atom. The van der Waals surface area contributed by atoms with Crippen LogP contribution in [0.3, 0.4) is 0 Å². The summed E-state index contributed by atoms with van der Waals surface area (Å²) >= 11 is 0. The maximum atomic E-state index is 14.4. The molecule has 1 aliphatic heterocycles. The summed E-state index contributed by atoms with van der Waals surface area (Å²) in [6, 6.07) is 0.733. The Bertz CT molecular complexity index is 1420. The van der Waals surface area contributed by atoms with Gasteiger partial charge in [-0.2, -0.15) is 9.97 Å². The number of rotatable bonds is 3. The second-order valence-electron chi connectivity index (χ2n) is 10.2. The predicted molar refractivity (Wildman–Crippen MR) is 138 cm³/mol. The van der Waals surface area contributed by atoms with E-state index in [1.807, 2.05) is 6.20 Å². The number of imidazole rings is 1. The van der Waals surface area contributed by atoms with E-state index in [4.69, 9.17) is 9.47 Å². The van der Waals surface area contributed by atoms with Crippen LogP contribution in [0.5, 0.6) is 0 Å². The lowest BCUT2D eigenvalue weighted by atomic mass is 9.92. The molecule has 6 rings (SSSR count). The molecule has 3 N–H and O–H groups in total. The van der Waals surface area contributed by atoms with Crippen LogP contribution < -0.4 is 21.5 Å². The number of fused-ring (bicyclic) bond motifs is 4. The Kier molecular flexibility index (Phi) is 6.48. The fourth-order valence-corrected chi connectivity index (χ4v) is 5.77. The van der Waals surface area contributed by atoms with Gasteiger partial charge < -0.3 is 30.0 Å². The number of halogens is 1. The molecule has 12 nitrogen and oxygen atoms in total. The number of amides is 1. The molecule has 4 heterocycles. The van der Waals surface area contributed by atoms with Gasteiger partial charge in [-0.1, -0.05) is 0 Å². The first-order chi connectivity index (χ1) is 18.4. The number of aromatic nitrogens is 5. The van der Waals surface area contributed by atoms with Crippen LogP contribution in [0.25, 0.3) is 11.2 Å². The monoisotopic (exact) mass is 526 g/mol. The number of pyridine rings is 1. The Hall–Kier alpha value is -3.58. The first kappa shape index (κ1) is 24.7. The fourth-order valence-electron chi connectivity index (χ4n) is 5.77.